The summed E-state index contributed by atoms with van der Waals surface area (Å²) >= 11 is 0. The summed E-state index contributed by atoms with van der Waals surface area (Å²) in [6.07, 6.45) is 3.35. The minimum absolute atomic E-state index is 0.0221. The van der Waals surface area contributed by atoms with Gasteiger partial charge in [-0.2, -0.15) is 15.0 Å². The third-order valence-corrected chi connectivity index (χ3v) is 2.44. The van der Waals surface area contributed by atoms with Gasteiger partial charge >= 0.3 is 0 Å². The van der Waals surface area contributed by atoms with Crippen molar-refractivity contribution in [3.63, 3.8) is 0 Å². The Balaban J connectivity index is 2.72. The van der Waals surface area contributed by atoms with Crippen molar-refractivity contribution < 1.29 is 0 Å². The fourth-order valence-electron chi connectivity index (χ4n) is 1.50. The van der Waals surface area contributed by atoms with Gasteiger partial charge in [0.1, 0.15) is 5.69 Å². The zero-order chi connectivity index (χ0) is 11.0. The summed E-state index contributed by atoms with van der Waals surface area (Å²) in [6, 6.07) is 1.54. The molecule has 5 nitrogen and oxygen atoms in total. The second-order valence-corrected chi connectivity index (χ2v) is 3.47. The number of hydrogen-bond donors (Lipinski definition) is 0. The van der Waals surface area contributed by atoms with Gasteiger partial charge in [0, 0.05) is 32.1 Å². The van der Waals surface area contributed by atoms with Gasteiger partial charge in [-0.1, -0.05) is 0 Å². The number of nitrogens with zero attached hydrogens (tertiary/aromatic N) is 4. The van der Waals surface area contributed by atoms with Crippen molar-refractivity contribution in [2.45, 2.75) is 6.92 Å². The maximum atomic E-state index is 11.7. The second kappa shape index (κ2) is 3.34. The van der Waals surface area contributed by atoms with E-state index >= 15 is 0 Å². The molecule has 15 heavy (non-hydrogen) atoms. The van der Waals surface area contributed by atoms with Crippen LogP contribution >= 0.6 is 0 Å². The lowest BCUT2D eigenvalue weighted by Crippen LogP contribution is -2.11. The molecule has 0 radical (unpaired) electrons. The summed E-state index contributed by atoms with van der Waals surface area (Å²) in [6.45, 7) is 1.89. The molecule has 0 bridgehead atoms. The molecule has 0 aliphatic heterocycles. The van der Waals surface area contributed by atoms with Crippen LogP contribution < -0.4 is 5.43 Å². The molecule has 2 heterocycles. The van der Waals surface area contributed by atoms with E-state index in [9.17, 15) is 4.79 Å². The van der Waals surface area contributed by atoms with Gasteiger partial charge in [0.15, 0.2) is 5.43 Å². The lowest BCUT2D eigenvalue weighted by atomic mass is 10.1. The lowest BCUT2D eigenvalue weighted by molar-refractivity contribution is 0.655. The largest absolute Gasteiger partial charge is 0.354 e. The first-order chi connectivity index (χ1) is 7.09. The van der Waals surface area contributed by atoms with Crippen LogP contribution in [0.3, 0.4) is 0 Å². The van der Waals surface area contributed by atoms with Crippen LogP contribution in [0.15, 0.2) is 23.3 Å². The molecular formula is C10H12N4O. The maximum absolute atomic E-state index is 11.7. The summed E-state index contributed by atoms with van der Waals surface area (Å²) in [7, 11) is 3.63. The molecule has 0 saturated carbocycles. The summed E-state index contributed by atoms with van der Waals surface area (Å²) in [5.74, 6) is 0. The van der Waals surface area contributed by atoms with Crippen molar-refractivity contribution in [1.29, 1.82) is 0 Å². The topological polar surface area (TPSA) is 52.7 Å². The van der Waals surface area contributed by atoms with Crippen LogP contribution in [0.1, 0.15) is 5.69 Å². The van der Waals surface area contributed by atoms with Crippen LogP contribution in [0.5, 0.6) is 0 Å². The Morgan fingerprint density at radius 1 is 1.33 bits per heavy atom. The van der Waals surface area contributed by atoms with Crippen molar-refractivity contribution in [3.8, 4) is 11.3 Å². The SMILES string of the molecule is Cc1c(-c2cnn(C)n2)c(=O)ccn1C. The van der Waals surface area contributed by atoms with Crippen LogP contribution in [0, 0.1) is 6.92 Å². The van der Waals surface area contributed by atoms with Crippen molar-refractivity contribution in [1.82, 2.24) is 19.6 Å². The van der Waals surface area contributed by atoms with E-state index in [0.29, 0.717) is 11.3 Å². The van der Waals surface area contributed by atoms with E-state index in [0.717, 1.165) is 5.69 Å². The quantitative estimate of drug-likeness (QED) is 0.679. The standard InChI is InChI=1S/C10H12N4O/c1-7-10(8-6-11-14(3)12-8)9(15)4-5-13(7)2/h4-6H,1-3H3. The molecule has 0 atom stereocenters. The Hall–Kier alpha value is -1.91. The smallest absolute Gasteiger partial charge is 0.191 e. The Bertz CT molecular complexity index is 553. The molecule has 0 fully saturated rings. The van der Waals surface area contributed by atoms with Gasteiger partial charge in [0.25, 0.3) is 0 Å². The highest BCUT2D eigenvalue weighted by molar-refractivity contribution is 5.60. The monoisotopic (exact) mass is 204 g/mol. The molecular weight excluding hydrogens is 192 g/mol. The molecule has 5 heteroatoms. The fourth-order valence-corrected chi connectivity index (χ4v) is 1.50. The fraction of sp³-hybridized carbons (Fsp3) is 0.300. The third-order valence-electron chi connectivity index (χ3n) is 2.44. The Morgan fingerprint density at radius 2 is 2.07 bits per heavy atom. The van der Waals surface area contributed by atoms with E-state index in [2.05, 4.69) is 10.2 Å². The molecule has 2 aromatic rings. The van der Waals surface area contributed by atoms with Crippen molar-refractivity contribution in [2.75, 3.05) is 0 Å². The van der Waals surface area contributed by atoms with Crippen molar-refractivity contribution in [3.05, 3.63) is 34.4 Å². The van der Waals surface area contributed by atoms with Crippen LogP contribution in [-0.2, 0) is 14.1 Å². The zero-order valence-corrected chi connectivity index (χ0v) is 8.93. The van der Waals surface area contributed by atoms with Gasteiger partial charge in [0.05, 0.1) is 11.8 Å². The first kappa shape index (κ1) is 9.64. The summed E-state index contributed by atoms with van der Waals surface area (Å²) in [4.78, 5) is 13.2. The maximum Gasteiger partial charge on any atom is 0.191 e. The lowest BCUT2D eigenvalue weighted by Gasteiger charge is -2.06. The Kier molecular flexibility index (Phi) is 2.15. The van der Waals surface area contributed by atoms with Gasteiger partial charge in [-0.3, -0.25) is 4.79 Å². The van der Waals surface area contributed by atoms with Crippen LogP contribution in [0.2, 0.25) is 0 Å². The van der Waals surface area contributed by atoms with Gasteiger partial charge < -0.3 is 4.57 Å². The molecule has 0 unspecified atom stereocenters. The number of aromatic nitrogens is 4. The van der Waals surface area contributed by atoms with E-state index in [-0.39, 0.29) is 5.43 Å². The highest BCUT2D eigenvalue weighted by Crippen LogP contribution is 2.14. The molecule has 0 spiro atoms. The van der Waals surface area contributed by atoms with E-state index in [1.165, 1.54) is 10.9 Å². The third kappa shape index (κ3) is 1.56. The Morgan fingerprint density at radius 3 is 2.67 bits per heavy atom. The Labute approximate surface area is 87.0 Å². The molecule has 78 valence electrons. The van der Waals surface area contributed by atoms with Gasteiger partial charge in [-0.25, -0.2) is 0 Å². The normalized spacial score (nSPS) is 10.6. The molecule has 0 N–H and O–H groups in total. The van der Waals surface area contributed by atoms with Crippen LogP contribution in [0.4, 0.5) is 0 Å². The predicted molar refractivity (Wildman–Crippen MR) is 56.4 cm³/mol. The van der Waals surface area contributed by atoms with Crippen molar-refractivity contribution in [2.24, 2.45) is 14.1 Å². The highest BCUT2D eigenvalue weighted by Gasteiger charge is 2.11. The molecule has 0 amide bonds. The van der Waals surface area contributed by atoms with Gasteiger partial charge in [-0.15, -0.1) is 0 Å². The van der Waals surface area contributed by atoms with E-state index in [1.807, 2.05) is 18.5 Å². The predicted octanol–water partition coefficient (Wildman–Crippen LogP) is 0.489. The average Bonchev–Trinajstić information content (AvgIpc) is 2.59. The van der Waals surface area contributed by atoms with Gasteiger partial charge in [0.2, 0.25) is 0 Å². The van der Waals surface area contributed by atoms with Crippen molar-refractivity contribution >= 4 is 0 Å². The van der Waals surface area contributed by atoms with E-state index in [1.54, 1.807) is 19.4 Å². The molecule has 0 saturated heterocycles. The van der Waals surface area contributed by atoms with E-state index < -0.39 is 0 Å². The summed E-state index contributed by atoms with van der Waals surface area (Å²) < 4.78 is 1.89. The molecule has 2 aromatic heterocycles. The summed E-state index contributed by atoms with van der Waals surface area (Å²) in [5, 5.41) is 8.10. The number of rotatable bonds is 1. The highest BCUT2D eigenvalue weighted by atomic mass is 16.1. The molecule has 0 aliphatic carbocycles. The number of hydrogen-bond acceptors (Lipinski definition) is 3. The first-order valence-electron chi connectivity index (χ1n) is 4.62. The molecule has 0 aromatic carbocycles. The average molecular weight is 204 g/mol. The minimum atomic E-state index is -0.0221. The summed E-state index contributed by atoms with van der Waals surface area (Å²) in [5.41, 5.74) is 2.11. The van der Waals surface area contributed by atoms with E-state index in [4.69, 9.17) is 0 Å². The number of aryl methyl sites for hydroxylation is 2. The molecule has 2 rings (SSSR count). The van der Waals surface area contributed by atoms with Gasteiger partial charge in [-0.05, 0) is 6.92 Å². The second-order valence-electron chi connectivity index (χ2n) is 3.47. The minimum Gasteiger partial charge on any atom is -0.354 e. The molecule has 0 aliphatic rings. The van der Waals surface area contributed by atoms with Crippen LogP contribution in [-0.4, -0.2) is 19.6 Å². The van der Waals surface area contributed by atoms with Crippen LogP contribution in [0.25, 0.3) is 11.3 Å². The number of pyridine rings is 1. The zero-order valence-electron chi connectivity index (χ0n) is 8.93. The first-order valence-corrected chi connectivity index (χ1v) is 4.62.